The fourth-order valence-corrected chi connectivity index (χ4v) is 2.94. The average molecular weight is 254 g/mol. The summed E-state index contributed by atoms with van der Waals surface area (Å²) in [6, 6.07) is 6.62. The van der Waals surface area contributed by atoms with Gasteiger partial charge in [-0.1, -0.05) is 18.2 Å². The fourth-order valence-electron chi connectivity index (χ4n) is 1.99. The van der Waals surface area contributed by atoms with Crippen molar-refractivity contribution in [3.8, 4) is 0 Å². The molecule has 2 rings (SSSR count). The van der Waals surface area contributed by atoms with Gasteiger partial charge in [-0.15, -0.1) is 0 Å². The molecule has 5 heteroatoms. The zero-order valence-corrected chi connectivity index (χ0v) is 10.3. The zero-order chi connectivity index (χ0) is 12.7. The summed E-state index contributed by atoms with van der Waals surface area (Å²) in [5.41, 5.74) is -0.129. The molecule has 92 valence electrons. The number of carbonyl (C=O) groups is 1. The molecular formula is C12H14O4S. The first-order valence-corrected chi connectivity index (χ1v) is 7.26. The summed E-state index contributed by atoms with van der Waals surface area (Å²) in [6.45, 7) is 0. The Bertz CT molecular complexity index is 556. The first kappa shape index (κ1) is 12.1. The molecule has 0 aromatic heterocycles. The van der Waals surface area contributed by atoms with Crippen LogP contribution in [0.5, 0.6) is 0 Å². The van der Waals surface area contributed by atoms with Crippen LogP contribution in [0.25, 0.3) is 0 Å². The molecule has 0 aliphatic heterocycles. The van der Waals surface area contributed by atoms with Gasteiger partial charge < -0.3 is 5.11 Å². The van der Waals surface area contributed by atoms with Crippen LogP contribution in [-0.2, 0) is 21.1 Å². The Hall–Kier alpha value is -1.36. The van der Waals surface area contributed by atoms with Gasteiger partial charge in [0.2, 0.25) is 0 Å². The normalized spacial score (nSPS) is 17.7. The van der Waals surface area contributed by atoms with Crippen molar-refractivity contribution in [2.24, 2.45) is 5.41 Å². The van der Waals surface area contributed by atoms with Gasteiger partial charge in [-0.3, -0.25) is 4.79 Å². The second-order valence-electron chi connectivity index (χ2n) is 4.64. The molecule has 0 heterocycles. The van der Waals surface area contributed by atoms with E-state index in [0.29, 0.717) is 24.8 Å². The predicted octanol–water partition coefficient (Wildman–Crippen LogP) is 1.50. The highest BCUT2D eigenvalue weighted by Gasteiger charge is 2.50. The number of aliphatic carboxylic acids is 1. The molecule has 0 amide bonds. The van der Waals surface area contributed by atoms with E-state index in [2.05, 4.69) is 0 Å². The molecule has 0 unspecified atom stereocenters. The molecule has 1 N–H and O–H groups in total. The summed E-state index contributed by atoms with van der Waals surface area (Å²) in [5, 5.41) is 9.11. The lowest BCUT2D eigenvalue weighted by atomic mass is 9.97. The molecular weight excluding hydrogens is 240 g/mol. The van der Waals surface area contributed by atoms with Gasteiger partial charge in [0, 0.05) is 6.26 Å². The molecule has 1 aliphatic rings. The van der Waals surface area contributed by atoms with Crippen molar-refractivity contribution in [3.05, 3.63) is 29.8 Å². The summed E-state index contributed by atoms with van der Waals surface area (Å²) >= 11 is 0. The van der Waals surface area contributed by atoms with E-state index in [1.54, 1.807) is 18.2 Å². The van der Waals surface area contributed by atoms with E-state index in [0.717, 1.165) is 6.26 Å². The van der Waals surface area contributed by atoms with E-state index >= 15 is 0 Å². The Morgan fingerprint density at radius 3 is 2.41 bits per heavy atom. The molecule has 0 spiro atoms. The number of sulfone groups is 1. The summed E-state index contributed by atoms with van der Waals surface area (Å²) in [4.78, 5) is 11.3. The first-order chi connectivity index (χ1) is 7.85. The molecule has 1 saturated carbocycles. The summed E-state index contributed by atoms with van der Waals surface area (Å²) in [5.74, 6) is -0.833. The van der Waals surface area contributed by atoms with Gasteiger partial charge in [0.15, 0.2) is 9.84 Å². The highest BCUT2D eigenvalue weighted by atomic mass is 32.2. The fraction of sp³-hybridized carbons (Fsp3) is 0.417. The Morgan fingerprint density at radius 1 is 1.35 bits per heavy atom. The smallest absolute Gasteiger partial charge is 0.309 e. The maximum Gasteiger partial charge on any atom is 0.309 e. The summed E-state index contributed by atoms with van der Waals surface area (Å²) in [7, 11) is -3.30. The van der Waals surface area contributed by atoms with Gasteiger partial charge in [-0.25, -0.2) is 8.42 Å². The topological polar surface area (TPSA) is 71.4 Å². The van der Waals surface area contributed by atoms with E-state index in [4.69, 9.17) is 5.11 Å². The number of carboxylic acids is 1. The molecule has 17 heavy (non-hydrogen) atoms. The third-order valence-corrected chi connectivity index (χ3v) is 4.41. The maximum absolute atomic E-state index is 11.6. The van der Waals surface area contributed by atoms with Crippen molar-refractivity contribution < 1.29 is 18.3 Å². The number of rotatable bonds is 4. The molecule has 1 aromatic carbocycles. The van der Waals surface area contributed by atoms with Crippen molar-refractivity contribution in [2.75, 3.05) is 6.26 Å². The van der Waals surface area contributed by atoms with Gasteiger partial charge in [-0.05, 0) is 30.9 Å². The van der Waals surface area contributed by atoms with Crippen LogP contribution in [-0.4, -0.2) is 25.7 Å². The minimum Gasteiger partial charge on any atom is -0.481 e. The van der Waals surface area contributed by atoms with E-state index < -0.39 is 21.2 Å². The van der Waals surface area contributed by atoms with Crippen LogP contribution in [0.1, 0.15) is 18.4 Å². The monoisotopic (exact) mass is 254 g/mol. The minimum atomic E-state index is -3.30. The van der Waals surface area contributed by atoms with Crippen molar-refractivity contribution in [2.45, 2.75) is 24.2 Å². The third kappa shape index (κ3) is 2.34. The lowest BCUT2D eigenvalue weighted by molar-refractivity contribution is -0.143. The van der Waals surface area contributed by atoms with Crippen molar-refractivity contribution in [3.63, 3.8) is 0 Å². The van der Waals surface area contributed by atoms with Gasteiger partial charge in [0.25, 0.3) is 0 Å². The third-order valence-electron chi connectivity index (χ3n) is 3.21. The van der Waals surface area contributed by atoms with Crippen LogP contribution in [0.3, 0.4) is 0 Å². The molecule has 1 aliphatic carbocycles. The first-order valence-electron chi connectivity index (χ1n) is 5.37. The van der Waals surface area contributed by atoms with Crippen LogP contribution in [0, 0.1) is 5.41 Å². The Kier molecular flexibility index (Phi) is 2.73. The second-order valence-corrected chi connectivity index (χ2v) is 6.63. The minimum absolute atomic E-state index is 0.243. The van der Waals surface area contributed by atoms with E-state index in [9.17, 15) is 13.2 Å². The average Bonchev–Trinajstić information content (AvgIpc) is 2.98. The standard InChI is InChI=1S/C12H14O4S/c1-17(15,16)10-5-3-2-4-9(10)8-12(6-7-12)11(13)14/h2-5H,6-8H2,1H3,(H,13,14). The largest absolute Gasteiger partial charge is 0.481 e. The lowest BCUT2D eigenvalue weighted by Crippen LogP contribution is -2.19. The molecule has 1 fully saturated rings. The van der Waals surface area contributed by atoms with Crippen LogP contribution in [0.2, 0.25) is 0 Å². The predicted molar refractivity (Wildman–Crippen MR) is 62.6 cm³/mol. The van der Waals surface area contributed by atoms with Crippen LogP contribution < -0.4 is 0 Å². The van der Waals surface area contributed by atoms with Gasteiger partial charge in [0.1, 0.15) is 0 Å². The number of benzene rings is 1. The van der Waals surface area contributed by atoms with Gasteiger partial charge >= 0.3 is 5.97 Å². The zero-order valence-electron chi connectivity index (χ0n) is 9.51. The molecule has 1 aromatic rings. The number of hydrogen-bond acceptors (Lipinski definition) is 3. The SMILES string of the molecule is CS(=O)(=O)c1ccccc1CC1(C(=O)O)CC1. The Labute approximate surface area is 100 Å². The molecule has 4 nitrogen and oxygen atoms in total. The molecule has 0 bridgehead atoms. The molecule has 0 atom stereocenters. The highest BCUT2D eigenvalue weighted by molar-refractivity contribution is 7.90. The molecule has 0 radical (unpaired) electrons. The summed E-state index contributed by atoms with van der Waals surface area (Å²) in [6.07, 6.45) is 2.69. The van der Waals surface area contributed by atoms with Gasteiger partial charge in [-0.2, -0.15) is 0 Å². The molecule has 0 saturated heterocycles. The van der Waals surface area contributed by atoms with Crippen molar-refractivity contribution >= 4 is 15.8 Å². The Balaban J connectivity index is 2.38. The second kappa shape index (κ2) is 3.84. The van der Waals surface area contributed by atoms with Crippen LogP contribution in [0.4, 0.5) is 0 Å². The number of carboxylic acid groups (broad SMARTS) is 1. The van der Waals surface area contributed by atoms with Crippen LogP contribution >= 0.6 is 0 Å². The summed E-state index contributed by atoms with van der Waals surface area (Å²) < 4.78 is 23.2. The van der Waals surface area contributed by atoms with Crippen LogP contribution in [0.15, 0.2) is 29.2 Å². The van der Waals surface area contributed by atoms with E-state index in [-0.39, 0.29) is 4.90 Å². The van der Waals surface area contributed by atoms with Crippen molar-refractivity contribution in [1.29, 1.82) is 0 Å². The lowest BCUT2D eigenvalue weighted by Gasteiger charge is -2.12. The van der Waals surface area contributed by atoms with E-state index in [1.165, 1.54) is 6.07 Å². The maximum atomic E-state index is 11.6. The van der Waals surface area contributed by atoms with Crippen molar-refractivity contribution in [1.82, 2.24) is 0 Å². The highest BCUT2D eigenvalue weighted by Crippen LogP contribution is 2.49. The van der Waals surface area contributed by atoms with E-state index in [1.807, 2.05) is 0 Å². The van der Waals surface area contributed by atoms with Gasteiger partial charge in [0.05, 0.1) is 10.3 Å². The number of hydrogen-bond donors (Lipinski definition) is 1. The quantitative estimate of drug-likeness (QED) is 0.883. The Morgan fingerprint density at radius 2 is 1.94 bits per heavy atom.